The van der Waals surface area contributed by atoms with Crippen LogP contribution in [0.3, 0.4) is 0 Å². The molecule has 2 amide bonds. The highest BCUT2D eigenvalue weighted by Gasteiger charge is 2.69. The molecule has 1 aromatic heterocycles. The molecular formula is C22H23FN2O5S. The van der Waals surface area contributed by atoms with Crippen molar-refractivity contribution < 1.29 is 27.9 Å². The monoisotopic (exact) mass is 446 g/mol. The molecule has 164 valence electrons. The van der Waals surface area contributed by atoms with Crippen LogP contribution in [0.1, 0.15) is 25.1 Å². The van der Waals surface area contributed by atoms with E-state index in [-0.39, 0.29) is 18.7 Å². The molecule has 2 saturated heterocycles. The maximum Gasteiger partial charge on any atom is 0.327 e. The summed E-state index contributed by atoms with van der Waals surface area (Å²) in [6.45, 7) is 1.81. The molecule has 4 atom stereocenters. The molecule has 31 heavy (non-hydrogen) atoms. The van der Waals surface area contributed by atoms with Crippen LogP contribution in [0.25, 0.3) is 0 Å². The van der Waals surface area contributed by atoms with Crippen LogP contribution < -0.4 is 10.2 Å². The summed E-state index contributed by atoms with van der Waals surface area (Å²) in [5.74, 6) is -3.43. The Balaban J connectivity index is 1.85. The highest BCUT2D eigenvalue weighted by atomic mass is 32.2. The fraction of sp³-hybridized carbons (Fsp3) is 0.409. The Morgan fingerprint density at radius 3 is 2.68 bits per heavy atom. The number of benzene rings is 1. The Hall–Kier alpha value is -2.65. The molecule has 2 fully saturated rings. The van der Waals surface area contributed by atoms with Gasteiger partial charge >= 0.3 is 5.97 Å². The number of anilines is 1. The molecule has 3 heterocycles. The van der Waals surface area contributed by atoms with Gasteiger partial charge in [-0.2, -0.15) is 11.8 Å². The zero-order valence-corrected chi connectivity index (χ0v) is 18.0. The number of nitrogens with zero attached hydrogens (tertiary/aromatic N) is 1. The van der Waals surface area contributed by atoms with Gasteiger partial charge in [0.1, 0.15) is 17.1 Å². The van der Waals surface area contributed by atoms with Gasteiger partial charge in [-0.1, -0.05) is 12.1 Å². The molecule has 1 aromatic carbocycles. The van der Waals surface area contributed by atoms with E-state index in [2.05, 4.69) is 5.32 Å². The summed E-state index contributed by atoms with van der Waals surface area (Å²) in [5, 5.41) is 3.23. The predicted molar refractivity (Wildman–Crippen MR) is 113 cm³/mol. The van der Waals surface area contributed by atoms with Gasteiger partial charge in [-0.15, -0.1) is 0 Å². The number of ether oxygens (including phenoxy) is 1. The van der Waals surface area contributed by atoms with Crippen molar-refractivity contribution in [3.8, 4) is 0 Å². The number of hydrogen-bond acceptors (Lipinski definition) is 7. The second kappa shape index (κ2) is 8.47. The number of fused-ring (bicyclic) bond motifs is 1. The Morgan fingerprint density at radius 2 is 2.03 bits per heavy atom. The van der Waals surface area contributed by atoms with Gasteiger partial charge in [0.2, 0.25) is 11.8 Å². The third-order valence-electron chi connectivity index (χ3n) is 5.94. The Kier molecular flexibility index (Phi) is 5.90. The second-order valence-corrected chi connectivity index (χ2v) is 8.52. The Morgan fingerprint density at radius 1 is 1.26 bits per heavy atom. The molecule has 0 unspecified atom stereocenters. The van der Waals surface area contributed by atoms with Gasteiger partial charge in [0.25, 0.3) is 0 Å². The van der Waals surface area contributed by atoms with Gasteiger partial charge in [0.15, 0.2) is 0 Å². The van der Waals surface area contributed by atoms with Crippen LogP contribution in [-0.4, -0.2) is 41.9 Å². The average molecular weight is 447 g/mol. The summed E-state index contributed by atoms with van der Waals surface area (Å²) in [6, 6.07) is 8.26. The molecule has 2 aliphatic heterocycles. The summed E-state index contributed by atoms with van der Waals surface area (Å²) in [5.41, 5.74) is -1.54. The number of furan rings is 1. The number of imide groups is 1. The summed E-state index contributed by atoms with van der Waals surface area (Å²) in [4.78, 5) is 41.2. The van der Waals surface area contributed by atoms with E-state index in [9.17, 15) is 18.8 Å². The van der Waals surface area contributed by atoms with Crippen molar-refractivity contribution in [1.82, 2.24) is 5.32 Å². The van der Waals surface area contributed by atoms with Crippen LogP contribution in [0.5, 0.6) is 0 Å². The minimum absolute atomic E-state index is 0.118. The lowest BCUT2D eigenvalue weighted by Gasteiger charge is -2.32. The molecule has 9 heteroatoms. The summed E-state index contributed by atoms with van der Waals surface area (Å²) >= 11 is 1.52. The zero-order valence-electron chi connectivity index (χ0n) is 17.2. The smallest absolute Gasteiger partial charge is 0.327 e. The van der Waals surface area contributed by atoms with Crippen molar-refractivity contribution in [3.63, 3.8) is 0 Å². The normalized spacial score (nSPS) is 27.6. The first kappa shape index (κ1) is 21.6. The first-order valence-corrected chi connectivity index (χ1v) is 11.4. The number of halogens is 1. The number of amides is 2. The fourth-order valence-electron chi connectivity index (χ4n) is 4.63. The van der Waals surface area contributed by atoms with E-state index in [1.165, 1.54) is 36.2 Å². The number of nitrogens with one attached hydrogen (secondary N) is 1. The lowest BCUT2D eigenvalue weighted by Crippen LogP contribution is -2.57. The number of esters is 1. The van der Waals surface area contributed by atoms with Crippen LogP contribution in [0.15, 0.2) is 47.1 Å². The largest absolute Gasteiger partial charge is 0.468 e. The zero-order chi connectivity index (χ0) is 22.2. The topological polar surface area (TPSA) is 88.8 Å². The molecule has 0 spiro atoms. The van der Waals surface area contributed by atoms with Gasteiger partial charge in [-0.25, -0.2) is 9.29 Å². The molecule has 0 aliphatic carbocycles. The number of thioether (sulfide) groups is 1. The molecule has 2 aromatic rings. The van der Waals surface area contributed by atoms with Crippen LogP contribution in [0.2, 0.25) is 0 Å². The van der Waals surface area contributed by atoms with E-state index >= 15 is 0 Å². The number of rotatable bonds is 7. The summed E-state index contributed by atoms with van der Waals surface area (Å²) < 4.78 is 25.4. The second-order valence-electron chi connectivity index (χ2n) is 7.54. The number of carbonyl (C=O) groups excluding carboxylic acids is 3. The van der Waals surface area contributed by atoms with Gasteiger partial charge in [0, 0.05) is 0 Å². The van der Waals surface area contributed by atoms with Crippen LogP contribution in [-0.2, 0) is 19.1 Å². The summed E-state index contributed by atoms with van der Waals surface area (Å²) in [7, 11) is 0. The van der Waals surface area contributed by atoms with Crippen molar-refractivity contribution in [2.45, 2.75) is 24.9 Å². The van der Waals surface area contributed by atoms with Crippen LogP contribution >= 0.6 is 11.8 Å². The molecular weight excluding hydrogens is 423 g/mol. The van der Waals surface area contributed by atoms with Crippen molar-refractivity contribution in [2.75, 3.05) is 23.5 Å². The van der Waals surface area contributed by atoms with Gasteiger partial charge in [-0.05, 0) is 49.6 Å². The van der Waals surface area contributed by atoms with E-state index in [1.54, 1.807) is 25.1 Å². The molecule has 0 radical (unpaired) electrons. The van der Waals surface area contributed by atoms with E-state index in [0.29, 0.717) is 11.5 Å². The first-order valence-electron chi connectivity index (χ1n) is 10.1. The van der Waals surface area contributed by atoms with Crippen LogP contribution in [0.4, 0.5) is 10.1 Å². The lowest BCUT2D eigenvalue weighted by atomic mass is 9.78. The van der Waals surface area contributed by atoms with Crippen molar-refractivity contribution in [3.05, 3.63) is 54.2 Å². The maximum absolute atomic E-state index is 14.5. The highest BCUT2D eigenvalue weighted by Crippen LogP contribution is 2.51. The SMILES string of the molecule is CCOC(=O)[C@]1(CCSC)N[C@H](c2ccco2)[C@H]2C(=O)N(c3ccccc3F)C(=O)[C@@H]21. The van der Waals surface area contributed by atoms with E-state index in [0.717, 1.165) is 4.90 Å². The van der Waals surface area contributed by atoms with E-state index < -0.39 is 47.0 Å². The highest BCUT2D eigenvalue weighted by molar-refractivity contribution is 7.98. The van der Waals surface area contributed by atoms with Crippen molar-refractivity contribution in [1.29, 1.82) is 0 Å². The van der Waals surface area contributed by atoms with Gasteiger partial charge < -0.3 is 9.15 Å². The third kappa shape index (κ3) is 3.36. The van der Waals surface area contributed by atoms with Crippen LogP contribution in [0, 0.1) is 17.7 Å². The predicted octanol–water partition coefficient (Wildman–Crippen LogP) is 2.92. The number of carbonyl (C=O) groups is 3. The molecule has 7 nitrogen and oxygen atoms in total. The quantitative estimate of drug-likeness (QED) is 0.517. The number of para-hydroxylation sites is 1. The standard InChI is InChI=1S/C22H23FN2O5S/c1-3-29-21(28)22(10-12-31-2)17-16(18(24-22)15-9-6-11-30-15)19(26)25(20(17)27)14-8-5-4-7-13(14)23/h4-9,11,16-18,24H,3,10,12H2,1-2H3/t16-,17+,18+,22+/m0/s1. The minimum atomic E-state index is -1.42. The lowest BCUT2D eigenvalue weighted by molar-refractivity contribution is -0.154. The maximum atomic E-state index is 14.5. The fourth-order valence-corrected chi connectivity index (χ4v) is 5.15. The van der Waals surface area contributed by atoms with E-state index in [4.69, 9.17) is 9.15 Å². The molecule has 4 rings (SSSR count). The summed E-state index contributed by atoms with van der Waals surface area (Å²) in [6.07, 6.45) is 3.63. The third-order valence-corrected chi connectivity index (χ3v) is 6.55. The average Bonchev–Trinajstić information content (AvgIpc) is 3.45. The first-order chi connectivity index (χ1) is 15.0. The molecule has 2 aliphatic rings. The number of hydrogen-bond donors (Lipinski definition) is 1. The molecule has 1 N–H and O–H groups in total. The minimum Gasteiger partial charge on any atom is -0.468 e. The Labute approximate surface area is 183 Å². The van der Waals surface area contributed by atoms with Crippen molar-refractivity contribution in [2.24, 2.45) is 11.8 Å². The van der Waals surface area contributed by atoms with E-state index in [1.807, 2.05) is 6.26 Å². The van der Waals surface area contributed by atoms with Gasteiger partial charge in [0.05, 0.1) is 36.4 Å². The van der Waals surface area contributed by atoms with Gasteiger partial charge in [-0.3, -0.25) is 19.7 Å². The van der Waals surface area contributed by atoms with Crippen molar-refractivity contribution >= 4 is 35.2 Å². The molecule has 0 saturated carbocycles. The Bertz CT molecular complexity index is 998. The molecule has 0 bridgehead atoms.